The second-order valence-electron chi connectivity index (χ2n) is 5.86. The summed E-state index contributed by atoms with van der Waals surface area (Å²) in [6.45, 7) is 0. The number of nitrogens with one attached hydrogen (secondary N) is 2. The smallest absolute Gasteiger partial charge is 0.352 e. The number of rotatable bonds is 2. The number of hydrogen-bond donors (Lipinski definition) is 4. The molecule has 156 valence electrons. The normalized spacial score (nSPS) is 10.9. The van der Waals surface area contributed by atoms with Crippen molar-refractivity contribution in [1.29, 1.82) is 0 Å². The number of carboxylic acids is 2. The molecule has 2 aromatic heterocycles. The van der Waals surface area contributed by atoms with Gasteiger partial charge in [0.2, 0.25) is 0 Å². The summed E-state index contributed by atoms with van der Waals surface area (Å²) in [6, 6.07) is 2.57. The summed E-state index contributed by atoms with van der Waals surface area (Å²) in [5, 5.41) is 16.6. The maximum Gasteiger partial charge on any atom is 0.352 e. The highest BCUT2D eigenvalue weighted by Crippen LogP contribution is 2.25. The van der Waals surface area contributed by atoms with Crippen molar-refractivity contribution in [1.82, 2.24) is 9.97 Å². The first-order valence-electron chi connectivity index (χ1n) is 7.80. The van der Waals surface area contributed by atoms with Gasteiger partial charge >= 0.3 is 11.9 Å². The zero-order valence-electron chi connectivity index (χ0n) is 14.3. The van der Waals surface area contributed by atoms with Gasteiger partial charge in [0.1, 0.15) is 23.0 Å². The lowest BCUT2D eigenvalue weighted by atomic mass is 10.2. The Bertz CT molecular complexity index is 1230. The quantitative estimate of drug-likeness (QED) is 0.276. The molecular formula is C18H8F6N2O4. The minimum atomic E-state index is -1.37. The third-order valence-electron chi connectivity index (χ3n) is 3.98. The van der Waals surface area contributed by atoms with Crippen LogP contribution in [0.2, 0.25) is 0 Å². The van der Waals surface area contributed by atoms with Gasteiger partial charge in [0, 0.05) is 22.9 Å². The van der Waals surface area contributed by atoms with Gasteiger partial charge in [-0.3, -0.25) is 0 Å². The van der Waals surface area contributed by atoms with E-state index in [0.717, 1.165) is 12.1 Å². The number of halogens is 6. The summed E-state index contributed by atoms with van der Waals surface area (Å²) in [5.41, 5.74) is -1.75. The fraction of sp³-hybridized carbons (Fsp3) is 0. The largest absolute Gasteiger partial charge is 0.477 e. The Kier molecular flexibility index (Phi) is 5.16. The number of benzene rings is 2. The number of H-pyrrole nitrogens is 2. The average molecular weight is 430 g/mol. The number of fused-ring (bicyclic) bond motifs is 2. The molecule has 0 saturated heterocycles. The summed E-state index contributed by atoms with van der Waals surface area (Å²) < 4.78 is 77.8. The molecule has 0 amide bonds. The summed E-state index contributed by atoms with van der Waals surface area (Å²) in [4.78, 5) is 25.2. The van der Waals surface area contributed by atoms with E-state index in [1.54, 1.807) is 0 Å². The number of aromatic amines is 2. The van der Waals surface area contributed by atoms with Crippen molar-refractivity contribution in [2.75, 3.05) is 0 Å². The highest BCUT2D eigenvalue weighted by Gasteiger charge is 2.18. The summed E-state index contributed by atoms with van der Waals surface area (Å²) >= 11 is 0. The van der Waals surface area contributed by atoms with E-state index in [-0.39, 0.29) is 10.8 Å². The minimum Gasteiger partial charge on any atom is -0.477 e. The van der Waals surface area contributed by atoms with Crippen LogP contribution in [0, 0.1) is 34.9 Å². The van der Waals surface area contributed by atoms with Crippen molar-refractivity contribution >= 4 is 33.7 Å². The van der Waals surface area contributed by atoms with Crippen LogP contribution < -0.4 is 0 Å². The van der Waals surface area contributed by atoms with Crippen LogP contribution >= 0.6 is 0 Å². The summed E-state index contributed by atoms with van der Waals surface area (Å²) in [6.07, 6.45) is 0. The molecule has 2 heterocycles. The zero-order valence-corrected chi connectivity index (χ0v) is 14.3. The molecule has 0 saturated carbocycles. The van der Waals surface area contributed by atoms with E-state index in [4.69, 9.17) is 10.2 Å². The van der Waals surface area contributed by atoms with E-state index >= 15 is 0 Å². The number of carboxylic acid groups (broad SMARTS) is 2. The van der Waals surface area contributed by atoms with E-state index in [1.165, 1.54) is 0 Å². The van der Waals surface area contributed by atoms with Crippen molar-refractivity contribution < 1.29 is 46.1 Å². The number of aromatic carboxylic acids is 2. The van der Waals surface area contributed by atoms with Gasteiger partial charge in [-0.15, -0.1) is 0 Å². The summed E-state index contributed by atoms with van der Waals surface area (Å²) in [7, 11) is 0. The van der Waals surface area contributed by atoms with Gasteiger partial charge in [-0.2, -0.15) is 0 Å². The number of aromatic nitrogens is 2. The Labute approximate surface area is 161 Å². The van der Waals surface area contributed by atoms with Gasteiger partial charge in [0.05, 0.1) is 11.0 Å². The van der Waals surface area contributed by atoms with E-state index in [9.17, 15) is 35.9 Å². The molecule has 0 radical (unpaired) electrons. The third kappa shape index (κ3) is 3.54. The van der Waals surface area contributed by atoms with Gasteiger partial charge in [-0.1, -0.05) is 0 Å². The first-order valence-corrected chi connectivity index (χ1v) is 7.80. The molecular weight excluding hydrogens is 422 g/mol. The monoisotopic (exact) mass is 430 g/mol. The zero-order chi connectivity index (χ0) is 22.3. The van der Waals surface area contributed by atoms with Gasteiger partial charge in [0.25, 0.3) is 0 Å². The van der Waals surface area contributed by atoms with Gasteiger partial charge < -0.3 is 20.2 Å². The lowest BCUT2D eigenvalue weighted by Crippen LogP contribution is -1.95. The van der Waals surface area contributed by atoms with Crippen LogP contribution in [0.15, 0.2) is 24.3 Å². The van der Waals surface area contributed by atoms with Crippen molar-refractivity contribution in [3.05, 3.63) is 70.6 Å². The molecule has 0 aliphatic heterocycles. The highest BCUT2D eigenvalue weighted by atomic mass is 19.2. The molecule has 2 aromatic carbocycles. The lowest BCUT2D eigenvalue weighted by molar-refractivity contribution is 0.0681. The predicted octanol–water partition coefficient (Wildman–Crippen LogP) is 4.57. The Balaban J connectivity index is 0.000000171. The first-order chi connectivity index (χ1) is 14.0. The molecule has 0 aliphatic rings. The molecule has 4 rings (SSSR count). The van der Waals surface area contributed by atoms with Crippen LogP contribution in [0.5, 0.6) is 0 Å². The maximum absolute atomic E-state index is 13.1. The Morgan fingerprint density at radius 1 is 0.600 bits per heavy atom. The molecule has 4 N–H and O–H groups in total. The average Bonchev–Trinajstić information content (AvgIpc) is 3.31. The van der Waals surface area contributed by atoms with Crippen LogP contribution in [-0.4, -0.2) is 32.1 Å². The van der Waals surface area contributed by atoms with Crippen LogP contribution in [0.25, 0.3) is 21.8 Å². The van der Waals surface area contributed by atoms with Crippen LogP contribution in [-0.2, 0) is 0 Å². The molecule has 0 fully saturated rings. The molecule has 0 spiro atoms. The standard InChI is InChI=1S/2C9H4F3NO2/c2*10-4-2-5(11)7(12)8-3(4)1-6(13-8)9(14)15/h2*1-2,13H,(H,14,15). The Hall–Kier alpha value is -3.96. The predicted molar refractivity (Wildman–Crippen MR) is 90.3 cm³/mol. The van der Waals surface area contributed by atoms with Crippen molar-refractivity contribution in [3.63, 3.8) is 0 Å². The lowest BCUT2D eigenvalue weighted by Gasteiger charge is -1.95. The van der Waals surface area contributed by atoms with Crippen LogP contribution in [0.4, 0.5) is 26.3 Å². The number of carbonyl (C=O) groups is 2. The maximum atomic E-state index is 13.1. The molecule has 0 atom stereocenters. The molecule has 0 aliphatic carbocycles. The molecule has 30 heavy (non-hydrogen) atoms. The van der Waals surface area contributed by atoms with E-state index < -0.39 is 69.3 Å². The topological polar surface area (TPSA) is 106 Å². The first kappa shape index (κ1) is 20.8. The second-order valence-corrected chi connectivity index (χ2v) is 5.86. The SMILES string of the molecule is O=C(O)c1cc2c(F)cc(F)c(F)c2[nH]1.O=C(O)c1cc2c(F)cc(F)c(F)c2[nH]1. The van der Waals surface area contributed by atoms with Gasteiger partial charge in [-0.05, 0) is 12.1 Å². The van der Waals surface area contributed by atoms with Crippen LogP contribution in [0.3, 0.4) is 0 Å². The fourth-order valence-electron chi connectivity index (χ4n) is 2.61. The molecule has 4 aromatic rings. The Morgan fingerprint density at radius 3 is 1.23 bits per heavy atom. The Morgan fingerprint density at radius 2 is 0.933 bits per heavy atom. The molecule has 0 unspecified atom stereocenters. The molecule has 0 bridgehead atoms. The fourth-order valence-corrected chi connectivity index (χ4v) is 2.61. The van der Waals surface area contributed by atoms with E-state index in [1.807, 2.05) is 0 Å². The third-order valence-corrected chi connectivity index (χ3v) is 3.98. The van der Waals surface area contributed by atoms with E-state index in [0.29, 0.717) is 12.1 Å². The second kappa shape index (κ2) is 7.46. The van der Waals surface area contributed by atoms with Crippen molar-refractivity contribution in [2.45, 2.75) is 0 Å². The highest BCUT2D eigenvalue weighted by molar-refractivity contribution is 5.95. The van der Waals surface area contributed by atoms with Gasteiger partial charge in [-0.25, -0.2) is 35.9 Å². The van der Waals surface area contributed by atoms with Crippen molar-refractivity contribution in [3.8, 4) is 0 Å². The van der Waals surface area contributed by atoms with E-state index in [2.05, 4.69) is 9.97 Å². The molecule has 12 heteroatoms. The molecule has 6 nitrogen and oxygen atoms in total. The number of hydrogen-bond acceptors (Lipinski definition) is 2. The summed E-state index contributed by atoms with van der Waals surface area (Å²) in [5.74, 6) is -10.1. The van der Waals surface area contributed by atoms with Crippen LogP contribution in [0.1, 0.15) is 21.0 Å². The van der Waals surface area contributed by atoms with Gasteiger partial charge in [0.15, 0.2) is 23.3 Å². The minimum absolute atomic E-state index is 0.286. The van der Waals surface area contributed by atoms with Crippen molar-refractivity contribution in [2.24, 2.45) is 0 Å².